The van der Waals surface area contributed by atoms with E-state index in [0.717, 1.165) is 71.0 Å². The molecule has 0 saturated carbocycles. The second kappa shape index (κ2) is 11.0. The topological polar surface area (TPSA) is 57.7 Å². The third kappa shape index (κ3) is 6.76. The van der Waals surface area contributed by atoms with Crippen molar-refractivity contribution in [3.8, 4) is 0 Å². The van der Waals surface area contributed by atoms with Crippen molar-refractivity contribution in [2.24, 2.45) is 5.92 Å². The molecule has 0 atom stereocenters. The van der Waals surface area contributed by atoms with Gasteiger partial charge in [0.1, 0.15) is 5.82 Å². The van der Waals surface area contributed by atoms with Gasteiger partial charge in [-0.25, -0.2) is 4.98 Å². The molecule has 29 heavy (non-hydrogen) atoms. The summed E-state index contributed by atoms with van der Waals surface area (Å²) in [6.45, 7) is 12.1. The molecule has 3 rings (SSSR count). The average Bonchev–Trinajstić information content (AvgIpc) is 2.74. The van der Waals surface area contributed by atoms with Gasteiger partial charge in [-0.1, -0.05) is 19.9 Å². The van der Waals surface area contributed by atoms with Crippen LogP contribution in [-0.2, 0) is 9.53 Å². The summed E-state index contributed by atoms with van der Waals surface area (Å²) in [4.78, 5) is 21.8. The molecular weight excluding hydrogens is 364 g/mol. The summed E-state index contributed by atoms with van der Waals surface area (Å²) in [6, 6.07) is 5.57. The number of carbonyl (C=O) groups is 1. The van der Waals surface area contributed by atoms with Crippen LogP contribution in [0.3, 0.4) is 0 Å². The highest BCUT2D eigenvalue weighted by atomic mass is 16.5. The van der Waals surface area contributed by atoms with E-state index < -0.39 is 0 Å². The number of pyridine rings is 1. The molecule has 6 heteroatoms. The summed E-state index contributed by atoms with van der Waals surface area (Å²) in [5.41, 5.74) is 0.202. The Balaban J connectivity index is 1.48. The molecule has 0 aromatic carbocycles. The van der Waals surface area contributed by atoms with E-state index in [9.17, 15) is 4.79 Å². The Labute approximate surface area is 176 Å². The van der Waals surface area contributed by atoms with Crippen molar-refractivity contribution in [1.82, 2.24) is 14.8 Å². The highest BCUT2D eigenvalue weighted by Crippen LogP contribution is 2.34. The van der Waals surface area contributed by atoms with Gasteiger partial charge in [-0.3, -0.25) is 9.69 Å². The zero-order valence-electron chi connectivity index (χ0n) is 18.2. The minimum Gasteiger partial charge on any atom is -0.381 e. The van der Waals surface area contributed by atoms with Crippen molar-refractivity contribution in [2.75, 3.05) is 51.3 Å². The molecule has 6 nitrogen and oxygen atoms in total. The van der Waals surface area contributed by atoms with Gasteiger partial charge < -0.3 is 15.0 Å². The van der Waals surface area contributed by atoms with Crippen LogP contribution in [-0.4, -0.2) is 72.2 Å². The lowest BCUT2D eigenvalue weighted by atomic mass is 9.82. The van der Waals surface area contributed by atoms with Gasteiger partial charge >= 0.3 is 0 Å². The quantitative estimate of drug-likeness (QED) is 0.686. The Morgan fingerprint density at radius 1 is 1.21 bits per heavy atom. The van der Waals surface area contributed by atoms with Crippen molar-refractivity contribution < 1.29 is 9.53 Å². The minimum absolute atomic E-state index is 0.0596. The number of carbonyl (C=O) groups excluding carboxylic acids is 1. The number of amides is 1. The van der Waals surface area contributed by atoms with Crippen molar-refractivity contribution in [1.29, 1.82) is 0 Å². The second-order valence-corrected chi connectivity index (χ2v) is 8.96. The summed E-state index contributed by atoms with van der Waals surface area (Å²) in [6.07, 6.45) is 7.68. The molecule has 2 saturated heterocycles. The van der Waals surface area contributed by atoms with E-state index in [4.69, 9.17) is 4.74 Å². The summed E-state index contributed by atoms with van der Waals surface area (Å²) < 4.78 is 5.68. The van der Waals surface area contributed by atoms with Crippen LogP contribution >= 0.6 is 0 Å². The van der Waals surface area contributed by atoms with E-state index in [0.29, 0.717) is 12.2 Å². The van der Waals surface area contributed by atoms with Gasteiger partial charge in [-0.2, -0.15) is 0 Å². The lowest BCUT2D eigenvalue weighted by Gasteiger charge is -2.50. The Morgan fingerprint density at radius 2 is 1.97 bits per heavy atom. The van der Waals surface area contributed by atoms with Gasteiger partial charge in [0.2, 0.25) is 5.91 Å². The SMILES string of the molecule is CC(C)CCN1CCN(C2(CCCC(=O)Nc3ccccn3)CCOCC2)CC1. The molecule has 0 unspecified atom stereocenters. The summed E-state index contributed by atoms with van der Waals surface area (Å²) in [5.74, 6) is 1.47. The van der Waals surface area contributed by atoms with E-state index in [1.54, 1.807) is 6.20 Å². The number of hydrogen-bond acceptors (Lipinski definition) is 5. The number of nitrogens with one attached hydrogen (secondary N) is 1. The number of aromatic nitrogens is 1. The largest absolute Gasteiger partial charge is 0.381 e. The van der Waals surface area contributed by atoms with Gasteiger partial charge in [-0.05, 0) is 56.7 Å². The first-order chi connectivity index (χ1) is 14.1. The van der Waals surface area contributed by atoms with Crippen molar-refractivity contribution in [3.63, 3.8) is 0 Å². The third-order valence-electron chi connectivity index (χ3n) is 6.47. The molecule has 2 fully saturated rings. The molecule has 2 aliphatic rings. The fraction of sp³-hybridized carbons (Fsp3) is 0.739. The molecule has 1 aromatic heterocycles. The molecule has 1 aromatic rings. The lowest BCUT2D eigenvalue weighted by molar-refractivity contribution is -0.116. The smallest absolute Gasteiger partial charge is 0.225 e. The molecule has 0 radical (unpaired) electrons. The van der Waals surface area contributed by atoms with Crippen LogP contribution in [0.25, 0.3) is 0 Å². The van der Waals surface area contributed by atoms with Crippen LogP contribution < -0.4 is 5.32 Å². The van der Waals surface area contributed by atoms with Gasteiger partial charge in [0.25, 0.3) is 0 Å². The summed E-state index contributed by atoms with van der Waals surface area (Å²) in [7, 11) is 0. The van der Waals surface area contributed by atoms with E-state index >= 15 is 0 Å². The number of hydrogen-bond donors (Lipinski definition) is 1. The van der Waals surface area contributed by atoms with Gasteiger partial charge in [0.15, 0.2) is 0 Å². The minimum atomic E-state index is 0.0596. The van der Waals surface area contributed by atoms with Crippen LogP contribution in [0, 0.1) is 5.92 Å². The normalized spacial score (nSPS) is 20.7. The van der Waals surface area contributed by atoms with Crippen molar-refractivity contribution >= 4 is 11.7 Å². The Bertz CT molecular complexity index is 609. The molecule has 2 aliphatic heterocycles. The van der Waals surface area contributed by atoms with E-state index in [2.05, 4.69) is 33.9 Å². The lowest BCUT2D eigenvalue weighted by Crippen LogP contribution is -2.59. The number of nitrogens with zero attached hydrogens (tertiary/aromatic N) is 3. The first-order valence-electron chi connectivity index (χ1n) is 11.3. The van der Waals surface area contributed by atoms with Crippen LogP contribution in [0.4, 0.5) is 5.82 Å². The van der Waals surface area contributed by atoms with Crippen molar-refractivity contribution in [3.05, 3.63) is 24.4 Å². The molecule has 162 valence electrons. The fourth-order valence-electron chi connectivity index (χ4n) is 4.58. The van der Waals surface area contributed by atoms with E-state index in [1.165, 1.54) is 13.0 Å². The van der Waals surface area contributed by atoms with Gasteiger partial charge in [0.05, 0.1) is 0 Å². The Kier molecular flexibility index (Phi) is 8.45. The van der Waals surface area contributed by atoms with E-state index in [1.807, 2.05) is 18.2 Å². The summed E-state index contributed by atoms with van der Waals surface area (Å²) in [5, 5.41) is 2.91. The summed E-state index contributed by atoms with van der Waals surface area (Å²) >= 11 is 0. The zero-order valence-corrected chi connectivity index (χ0v) is 18.2. The molecular formula is C23H38N4O2. The molecule has 0 aliphatic carbocycles. The molecule has 1 amide bonds. The van der Waals surface area contributed by atoms with Crippen LogP contribution in [0.2, 0.25) is 0 Å². The second-order valence-electron chi connectivity index (χ2n) is 8.96. The number of piperazine rings is 1. The monoisotopic (exact) mass is 402 g/mol. The van der Waals surface area contributed by atoms with Gasteiger partial charge in [-0.15, -0.1) is 0 Å². The highest BCUT2D eigenvalue weighted by Gasteiger charge is 2.39. The molecule has 3 heterocycles. The maximum absolute atomic E-state index is 12.3. The number of rotatable bonds is 9. The molecule has 0 spiro atoms. The fourth-order valence-corrected chi connectivity index (χ4v) is 4.58. The van der Waals surface area contributed by atoms with Crippen LogP contribution in [0.1, 0.15) is 52.4 Å². The maximum Gasteiger partial charge on any atom is 0.225 e. The predicted octanol–water partition coefficient (Wildman–Crippen LogP) is 3.40. The standard InChI is InChI=1S/C23H38N4O2/c1-20(2)8-13-26-14-16-27(17-15-26)23(10-18-29-19-11-23)9-5-7-22(28)25-21-6-3-4-12-24-21/h3-4,6,12,20H,5,7-11,13-19H2,1-2H3,(H,24,25,28). The molecule has 0 bridgehead atoms. The predicted molar refractivity (Wildman–Crippen MR) is 117 cm³/mol. The number of ether oxygens (including phenoxy) is 1. The maximum atomic E-state index is 12.3. The van der Waals surface area contributed by atoms with Crippen LogP contribution in [0.5, 0.6) is 0 Å². The van der Waals surface area contributed by atoms with Gasteiger partial charge in [0, 0.05) is 57.5 Å². The first kappa shape index (κ1) is 22.2. The molecule has 1 N–H and O–H groups in total. The average molecular weight is 403 g/mol. The van der Waals surface area contributed by atoms with Crippen LogP contribution in [0.15, 0.2) is 24.4 Å². The zero-order chi connectivity index (χ0) is 20.5. The van der Waals surface area contributed by atoms with Crippen molar-refractivity contribution in [2.45, 2.75) is 57.9 Å². The number of anilines is 1. The highest BCUT2D eigenvalue weighted by molar-refractivity contribution is 5.89. The Hall–Kier alpha value is -1.50. The Morgan fingerprint density at radius 3 is 2.62 bits per heavy atom. The van der Waals surface area contributed by atoms with E-state index in [-0.39, 0.29) is 11.4 Å². The third-order valence-corrected chi connectivity index (χ3v) is 6.47. The first-order valence-corrected chi connectivity index (χ1v) is 11.3.